The van der Waals surface area contributed by atoms with Gasteiger partial charge in [0.1, 0.15) is 0 Å². The van der Waals surface area contributed by atoms with E-state index in [0.29, 0.717) is 0 Å². The van der Waals surface area contributed by atoms with Gasteiger partial charge < -0.3 is 10.9 Å². The Hall–Kier alpha value is -0.120. The molecule has 0 bridgehead atoms. The van der Waals surface area contributed by atoms with Crippen LogP contribution in [0.15, 0.2) is 0 Å². The quantitative estimate of drug-likeness (QED) is 0.371. The SMILES string of the molecule is CCCCC(N)NO. The summed E-state index contributed by atoms with van der Waals surface area (Å²) in [4.78, 5) is 0. The standard InChI is InChI=1S/C5H14N2O/c1-2-3-4-5(6)7-8/h5,7-8H,2-4,6H2,1H3. The maximum absolute atomic E-state index is 8.19. The smallest absolute Gasteiger partial charge is 0.0784 e. The Morgan fingerprint density at radius 2 is 2.38 bits per heavy atom. The first-order valence-electron chi connectivity index (χ1n) is 2.96. The fourth-order valence-corrected chi connectivity index (χ4v) is 0.489. The fraction of sp³-hybridized carbons (Fsp3) is 1.00. The van der Waals surface area contributed by atoms with Crippen LogP contribution in [0, 0.1) is 0 Å². The van der Waals surface area contributed by atoms with Crippen LogP contribution in [-0.4, -0.2) is 11.4 Å². The molecular weight excluding hydrogens is 104 g/mol. The van der Waals surface area contributed by atoms with Gasteiger partial charge in [-0.1, -0.05) is 19.8 Å². The number of hydrogen-bond acceptors (Lipinski definition) is 3. The molecule has 0 aliphatic heterocycles. The summed E-state index contributed by atoms with van der Waals surface area (Å²) in [7, 11) is 0. The summed E-state index contributed by atoms with van der Waals surface area (Å²) in [5.41, 5.74) is 7.28. The van der Waals surface area contributed by atoms with E-state index in [-0.39, 0.29) is 6.17 Å². The molecule has 0 aromatic carbocycles. The average molecular weight is 118 g/mol. The van der Waals surface area contributed by atoms with E-state index in [0.717, 1.165) is 19.3 Å². The van der Waals surface area contributed by atoms with Crippen molar-refractivity contribution in [1.29, 1.82) is 0 Å². The van der Waals surface area contributed by atoms with E-state index in [4.69, 9.17) is 10.9 Å². The van der Waals surface area contributed by atoms with Crippen LogP contribution >= 0.6 is 0 Å². The topological polar surface area (TPSA) is 58.3 Å². The summed E-state index contributed by atoms with van der Waals surface area (Å²) in [5, 5.41) is 8.19. The minimum absolute atomic E-state index is 0.241. The van der Waals surface area contributed by atoms with Crippen LogP contribution in [0.3, 0.4) is 0 Å². The highest BCUT2D eigenvalue weighted by molar-refractivity contribution is 4.49. The lowest BCUT2D eigenvalue weighted by atomic mass is 10.2. The van der Waals surface area contributed by atoms with Gasteiger partial charge in [-0.25, -0.2) is 0 Å². The van der Waals surface area contributed by atoms with Gasteiger partial charge in [0.25, 0.3) is 0 Å². The Morgan fingerprint density at radius 1 is 1.75 bits per heavy atom. The zero-order valence-electron chi connectivity index (χ0n) is 5.22. The normalized spacial score (nSPS) is 13.9. The van der Waals surface area contributed by atoms with Gasteiger partial charge in [0, 0.05) is 0 Å². The van der Waals surface area contributed by atoms with Crippen molar-refractivity contribution in [3.05, 3.63) is 0 Å². The molecule has 0 fully saturated rings. The first-order valence-corrected chi connectivity index (χ1v) is 2.96. The molecule has 0 amide bonds. The predicted octanol–water partition coefficient (Wildman–Crippen LogP) is 0.440. The maximum Gasteiger partial charge on any atom is 0.0784 e. The monoisotopic (exact) mass is 118 g/mol. The predicted molar refractivity (Wildman–Crippen MR) is 32.4 cm³/mol. The zero-order chi connectivity index (χ0) is 6.41. The highest BCUT2D eigenvalue weighted by Crippen LogP contribution is 1.93. The number of unbranched alkanes of at least 4 members (excludes halogenated alkanes) is 1. The number of nitrogens with one attached hydrogen (secondary N) is 1. The Bertz CT molecular complexity index is 49.7. The molecule has 1 atom stereocenters. The summed E-state index contributed by atoms with van der Waals surface area (Å²) >= 11 is 0. The van der Waals surface area contributed by atoms with Gasteiger partial charge in [-0.2, -0.15) is 5.48 Å². The summed E-state index contributed by atoms with van der Waals surface area (Å²) in [6.45, 7) is 2.09. The molecule has 0 spiro atoms. The second kappa shape index (κ2) is 5.03. The first kappa shape index (κ1) is 7.88. The van der Waals surface area contributed by atoms with Crippen molar-refractivity contribution >= 4 is 0 Å². The molecule has 0 rings (SSSR count). The lowest BCUT2D eigenvalue weighted by Gasteiger charge is -2.05. The highest BCUT2D eigenvalue weighted by atomic mass is 16.5. The minimum atomic E-state index is -0.241. The largest absolute Gasteiger partial charge is 0.315 e. The molecule has 3 nitrogen and oxygen atoms in total. The fourth-order valence-electron chi connectivity index (χ4n) is 0.489. The van der Waals surface area contributed by atoms with Gasteiger partial charge in [-0.3, -0.25) is 0 Å². The van der Waals surface area contributed by atoms with Gasteiger partial charge in [0.2, 0.25) is 0 Å². The van der Waals surface area contributed by atoms with Crippen molar-refractivity contribution in [1.82, 2.24) is 5.48 Å². The summed E-state index contributed by atoms with van der Waals surface area (Å²) in [5.74, 6) is 0. The van der Waals surface area contributed by atoms with Crippen molar-refractivity contribution in [2.45, 2.75) is 32.4 Å². The second-order valence-electron chi connectivity index (χ2n) is 1.88. The van der Waals surface area contributed by atoms with Crippen LogP contribution < -0.4 is 11.2 Å². The average Bonchev–Trinajstić information content (AvgIpc) is 1.83. The van der Waals surface area contributed by atoms with Crippen LogP contribution in [0.1, 0.15) is 26.2 Å². The molecule has 0 radical (unpaired) electrons. The molecule has 0 aliphatic carbocycles. The van der Waals surface area contributed by atoms with Gasteiger partial charge in [0.05, 0.1) is 6.17 Å². The zero-order valence-corrected chi connectivity index (χ0v) is 5.22. The third-order valence-electron chi connectivity index (χ3n) is 1.03. The van der Waals surface area contributed by atoms with Crippen LogP contribution in [0.5, 0.6) is 0 Å². The molecular formula is C5H14N2O. The number of nitrogens with two attached hydrogens (primary N) is 1. The lowest BCUT2D eigenvalue weighted by molar-refractivity contribution is 0.123. The van der Waals surface area contributed by atoms with Crippen LogP contribution in [0.2, 0.25) is 0 Å². The van der Waals surface area contributed by atoms with Crippen molar-refractivity contribution < 1.29 is 5.21 Å². The molecule has 0 aliphatic rings. The number of rotatable bonds is 4. The van der Waals surface area contributed by atoms with Crippen molar-refractivity contribution in [2.24, 2.45) is 5.73 Å². The molecule has 0 aromatic rings. The van der Waals surface area contributed by atoms with Gasteiger partial charge in [-0.05, 0) is 6.42 Å². The van der Waals surface area contributed by atoms with E-state index in [2.05, 4.69) is 6.92 Å². The van der Waals surface area contributed by atoms with Crippen molar-refractivity contribution in [2.75, 3.05) is 0 Å². The molecule has 1 unspecified atom stereocenters. The Balaban J connectivity index is 2.86. The van der Waals surface area contributed by atoms with Gasteiger partial charge in [-0.15, -0.1) is 0 Å². The van der Waals surface area contributed by atoms with Crippen LogP contribution in [0.4, 0.5) is 0 Å². The van der Waals surface area contributed by atoms with Crippen LogP contribution in [0.25, 0.3) is 0 Å². The summed E-state index contributed by atoms with van der Waals surface area (Å²) in [6.07, 6.45) is 2.78. The molecule has 0 aromatic heterocycles. The molecule has 0 heterocycles. The minimum Gasteiger partial charge on any atom is -0.315 e. The van der Waals surface area contributed by atoms with E-state index in [1.54, 1.807) is 0 Å². The molecule has 0 saturated carbocycles. The number of hydroxylamine groups is 1. The molecule has 4 N–H and O–H groups in total. The van der Waals surface area contributed by atoms with E-state index in [9.17, 15) is 0 Å². The maximum atomic E-state index is 8.19. The van der Waals surface area contributed by atoms with E-state index in [1.165, 1.54) is 0 Å². The molecule has 0 saturated heterocycles. The Labute approximate surface area is 49.8 Å². The highest BCUT2D eigenvalue weighted by Gasteiger charge is 1.95. The Kier molecular flexibility index (Phi) is 4.95. The van der Waals surface area contributed by atoms with Crippen molar-refractivity contribution in [3.8, 4) is 0 Å². The van der Waals surface area contributed by atoms with Gasteiger partial charge in [0.15, 0.2) is 0 Å². The van der Waals surface area contributed by atoms with E-state index >= 15 is 0 Å². The Morgan fingerprint density at radius 3 is 2.75 bits per heavy atom. The van der Waals surface area contributed by atoms with Gasteiger partial charge >= 0.3 is 0 Å². The van der Waals surface area contributed by atoms with Crippen LogP contribution in [-0.2, 0) is 0 Å². The summed E-state index contributed by atoms with van der Waals surface area (Å²) < 4.78 is 0. The molecule has 8 heavy (non-hydrogen) atoms. The lowest BCUT2D eigenvalue weighted by Crippen LogP contribution is -2.34. The van der Waals surface area contributed by atoms with E-state index in [1.807, 2.05) is 5.48 Å². The summed E-state index contributed by atoms with van der Waals surface area (Å²) in [6, 6.07) is 0. The van der Waals surface area contributed by atoms with Crippen molar-refractivity contribution in [3.63, 3.8) is 0 Å². The molecule has 3 heteroatoms. The number of hydrogen-bond donors (Lipinski definition) is 3. The third-order valence-corrected chi connectivity index (χ3v) is 1.03. The second-order valence-corrected chi connectivity index (χ2v) is 1.88. The molecule has 50 valence electrons. The first-order chi connectivity index (χ1) is 3.81. The van der Waals surface area contributed by atoms with E-state index < -0.39 is 0 Å². The third kappa shape index (κ3) is 4.05.